The van der Waals surface area contributed by atoms with Crippen molar-refractivity contribution in [2.75, 3.05) is 25.4 Å². The van der Waals surface area contributed by atoms with E-state index < -0.39 is 16.1 Å². The number of rotatable bonds is 4. The number of fused-ring (bicyclic) bond motifs is 2. The Morgan fingerprint density at radius 3 is 2.86 bits per heavy atom. The molecule has 2 atom stereocenters. The topological polar surface area (TPSA) is 99.7 Å². The summed E-state index contributed by atoms with van der Waals surface area (Å²) in [7, 11) is -3.58. The summed E-state index contributed by atoms with van der Waals surface area (Å²) < 4.78 is 25.8. The van der Waals surface area contributed by atoms with Crippen LogP contribution in [0.1, 0.15) is 30.3 Å². The summed E-state index contributed by atoms with van der Waals surface area (Å²) in [6, 6.07) is 8.65. The lowest BCUT2D eigenvalue weighted by Crippen LogP contribution is -2.44. The average Bonchev–Trinajstić information content (AvgIpc) is 3.08. The van der Waals surface area contributed by atoms with Crippen LogP contribution in [0.2, 0.25) is 0 Å². The second-order valence-corrected chi connectivity index (χ2v) is 9.54. The largest absolute Gasteiger partial charge is 0.347 e. The molecule has 2 aliphatic rings. The number of carbonyl (C=O) groups is 2. The van der Waals surface area contributed by atoms with Crippen molar-refractivity contribution in [2.45, 2.75) is 31.8 Å². The Kier molecular flexibility index (Phi) is 5.26. The first-order valence-electron chi connectivity index (χ1n) is 9.83. The second kappa shape index (κ2) is 7.72. The van der Waals surface area contributed by atoms with Crippen LogP contribution in [0.25, 0.3) is 10.8 Å². The van der Waals surface area contributed by atoms with Crippen LogP contribution in [-0.2, 0) is 14.8 Å². The smallest absolute Gasteiger partial charge is 0.270 e. The van der Waals surface area contributed by atoms with Crippen molar-refractivity contribution in [1.82, 2.24) is 19.5 Å². The Morgan fingerprint density at radius 1 is 1.28 bits per heavy atom. The molecule has 2 fully saturated rings. The van der Waals surface area contributed by atoms with Gasteiger partial charge in [-0.15, -0.1) is 0 Å². The summed E-state index contributed by atoms with van der Waals surface area (Å²) in [5, 5.41) is 4.70. The summed E-state index contributed by atoms with van der Waals surface area (Å²) in [5.74, 6) is -0.750. The van der Waals surface area contributed by atoms with Gasteiger partial charge >= 0.3 is 0 Å². The van der Waals surface area contributed by atoms with Crippen molar-refractivity contribution in [3.63, 3.8) is 0 Å². The Morgan fingerprint density at radius 2 is 2.07 bits per heavy atom. The van der Waals surface area contributed by atoms with Crippen molar-refractivity contribution in [1.29, 1.82) is 0 Å². The predicted octanol–water partition coefficient (Wildman–Crippen LogP) is 0.989. The molecule has 0 unspecified atom stereocenters. The zero-order chi connectivity index (χ0) is 20.6. The lowest BCUT2D eigenvalue weighted by Gasteiger charge is -2.23. The van der Waals surface area contributed by atoms with Gasteiger partial charge < -0.3 is 5.32 Å². The fourth-order valence-corrected chi connectivity index (χ4v) is 5.71. The highest BCUT2D eigenvalue weighted by molar-refractivity contribution is 7.89. The van der Waals surface area contributed by atoms with Crippen molar-refractivity contribution in [3.8, 4) is 0 Å². The zero-order valence-corrected chi connectivity index (χ0v) is 17.1. The lowest BCUT2D eigenvalue weighted by molar-refractivity contribution is -0.130. The van der Waals surface area contributed by atoms with Gasteiger partial charge in [0, 0.05) is 37.3 Å². The van der Waals surface area contributed by atoms with Gasteiger partial charge in [0.2, 0.25) is 10.0 Å². The monoisotopic (exact) mass is 416 g/mol. The Bertz CT molecular complexity index is 1050. The Hall–Kier alpha value is -2.52. The molecule has 0 bridgehead atoms. The lowest BCUT2D eigenvalue weighted by atomic mass is 10.1. The second-order valence-electron chi connectivity index (χ2n) is 7.52. The number of aromatic nitrogens is 1. The van der Waals surface area contributed by atoms with Crippen molar-refractivity contribution in [3.05, 3.63) is 42.2 Å². The number of nitrogens with zero attached hydrogens (tertiary/aromatic N) is 3. The molecule has 4 rings (SSSR count). The van der Waals surface area contributed by atoms with Gasteiger partial charge in [-0.25, -0.2) is 12.7 Å². The van der Waals surface area contributed by atoms with Crippen LogP contribution < -0.4 is 5.32 Å². The molecule has 0 saturated carbocycles. The molecule has 1 N–H and O–H groups in total. The van der Waals surface area contributed by atoms with E-state index in [1.54, 1.807) is 6.20 Å². The van der Waals surface area contributed by atoms with Gasteiger partial charge in [0.05, 0.1) is 11.8 Å². The van der Waals surface area contributed by atoms with E-state index in [0.717, 1.165) is 15.1 Å². The first-order valence-corrected chi connectivity index (χ1v) is 11.4. The van der Waals surface area contributed by atoms with E-state index in [-0.39, 0.29) is 36.7 Å². The molecule has 0 spiro atoms. The van der Waals surface area contributed by atoms with Crippen LogP contribution in [0.3, 0.4) is 0 Å². The summed E-state index contributed by atoms with van der Waals surface area (Å²) in [5.41, 5.74) is 0.353. The zero-order valence-electron chi connectivity index (χ0n) is 16.2. The van der Waals surface area contributed by atoms with Gasteiger partial charge in [0.1, 0.15) is 5.69 Å². The molecule has 0 radical (unpaired) electrons. The normalized spacial score (nSPS) is 24.3. The number of sulfonamides is 1. The first kappa shape index (κ1) is 19.8. The highest BCUT2D eigenvalue weighted by atomic mass is 32.2. The number of amides is 2. The number of hydrogen-bond acceptors (Lipinski definition) is 6. The van der Waals surface area contributed by atoms with Crippen LogP contribution in [0.5, 0.6) is 0 Å². The van der Waals surface area contributed by atoms with Crippen molar-refractivity contribution in [2.24, 2.45) is 0 Å². The van der Waals surface area contributed by atoms with E-state index in [9.17, 15) is 18.0 Å². The molecule has 2 aliphatic heterocycles. The minimum Gasteiger partial charge on any atom is -0.347 e. The highest BCUT2D eigenvalue weighted by Crippen LogP contribution is 2.25. The van der Waals surface area contributed by atoms with E-state index in [1.165, 1.54) is 0 Å². The van der Waals surface area contributed by atoms with Gasteiger partial charge in [-0.1, -0.05) is 31.2 Å². The van der Waals surface area contributed by atoms with Crippen LogP contribution in [0, 0.1) is 0 Å². The van der Waals surface area contributed by atoms with Crippen LogP contribution in [-0.4, -0.2) is 71.9 Å². The summed E-state index contributed by atoms with van der Waals surface area (Å²) in [4.78, 5) is 31.9. The standard InChI is InChI=1S/C20H24N4O4S/c1-2-9-24-20(26)17-12-15(13-23(17)10-11-29(24,27)28)22-19(25)18-16-6-4-3-5-14(16)7-8-21-18/h3-8,15,17H,2,9-13H2,1H3,(H,22,25)/t15-,17-/m0/s1. The average molecular weight is 417 g/mol. The minimum atomic E-state index is -3.58. The molecule has 1 aromatic heterocycles. The third kappa shape index (κ3) is 3.72. The molecule has 0 aliphatic carbocycles. The number of hydrogen-bond donors (Lipinski definition) is 1. The van der Waals surface area contributed by atoms with E-state index in [2.05, 4.69) is 10.3 Å². The quantitative estimate of drug-likeness (QED) is 0.798. The SMILES string of the molecule is CCCN1C(=O)[C@@H]2C[C@H](NC(=O)c3nccc4ccccc34)CN2CCS1(=O)=O. The predicted molar refractivity (Wildman–Crippen MR) is 109 cm³/mol. The molecule has 2 saturated heterocycles. The Labute approximate surface area is 169 Å². The number of carbonyl (C=O) groups excluding carboxylic acids is 2. The van der Waals surface area contributed by atoms with Gasteiger partial charge in [0.15, 0.2) is 0 Å². The van der Waals surface area contributed by atoms with E-state index in [0.29, 0.717) is 25.1 Å². The fourth-order valence-electron chi connectivity index (χ4n) is 4.16. The molecule has 29 heavy (non-hydrogen) atoms. The van der Waals surface area contributed by atoms with E-state index in [4.69, 9.17) is 0 Å². The molecule has 2 aromatic rings. The number of pyridine rings is 1. The van der Waals surface area contributed by atoms with E-state index >= 15 is 0 Å². The van der Waals surface area contributed by atoms with Crippen LogP contribution in [0.15, 0.2) is 36.5 Å². The van der Waals surface area contributed by atoms with Crippen LogP contribution >= 0.6 is 0 Å². The molecular formula is C20H24N4O4S. The molecule has 2 amide bonds. The van der Waals surface area contributed by atoms with Gasteiger partial charge in [-0.3, -0.25) is 19.5 Å². The van der Waals surface area contributed by atoms with Gasteiger partial charge in [-0.2, -0.15) is 0 Å². The van der Waals surface area contributed by atoms with Crippen molar-refractivity contribution < 1.29 is 18.0 Å². The number of nitrogens with one attached hydrogen (secondary N) is 1. The summed E-state index contributed by atoms with van der Waals surface area (Å²) >= 11 is 0. The molecule has 9 heteroatoms. The third-order valence-corrected chi connectivity index (χ3v) is 7.29. The van der Waals surface area contributed by atoms with Crippen molar-refractivity contribution >= 4 is 32.6 Å². The number of benzene rings is 1. The third-order valence-electron chi connectivity index (χ3n) is 5.56. The molecule has 3 heterocycles. The van der Waals surface area contributed by atoms with E-state index in [1.807, 2.05) is 42.2 Å². The summed E-state index contributed by atoms with van der Waals surface area (Å²) in [6.45, 7) is 2.78. The maximum atomic E-state index is 12.9. The molecule has 154 valence electrons. The summed E-state index contributed by atoms with van der Waals surface area (Å²) in [6.07, 6.45) is 2.58. The van der Waals surface area contributed by atoms with Gasteiger partial charge in [0.25, 0.3) is 11.8 Å². The highest BCUT2D eigenvalue weighted by Gasteiger charge is 2.45. The fraction of sp³-hybridized carbons (Fsp3) is 0.450. The van der Waals surface area contributed by atoms with Gasteiger partial charge in [-0.05, 0) is 24.3 Å². The maximum Gasteiger partial charge on any atom is 0.270 e. The first-order chi connectivity index (χ1) is 13.9. The molecular weight excluding hydrogens is 392 g/mol. The minimum absolute atomic E-state index is 0.0826. The maximum absolute atomic E-state index is 12.9. The Balaban J connectivity index is 1.51. The van der Waals surface area contributed by atoms with Crippen LogP contribution in [0.4, 0.5) is 0 Å². The molecule has 1 aromatic carbocycles. The molecule has 8 nitrogen and oxygen atoms in total.